The molecule has 1 unspecified atom stereocenters. The van der Waals surface area contributed by atoms with E-state index >= 15 is 0 Å². The molecular weight excluding hydrogens is 373 g/mol. The van der Waals surface area contributed by atoms with Crippen LogP contribution in [0.15, 0.2) is 29.6 Å². The first kappa shape index (κ1) is 14.6. The standard InChI is InChI=1S/C14H16INO2S/c1-16-14(9-6-13(15)19-8-9)11-5-4-10(17-2)7-12(11)18-3/h4-8,14,16H,1-3H3. The van der Waals surface area contributed by atoms with Crippen molar-refractivity contribution in [2.45, 2.75) is 6.04 Å². The fourth-order valence-corrected chi connectivity index (χ4v) is 3.43. The quantitative estimate of drug-likeness (QED) is 0.792. The highest BCUT2D eigenvalue weighted by molar-refractivity contribution is 14.1. The van der Waals surface area contributed by atoms with E-state index in [9.17, 15) is 0 Å². The third-order valence-corrected chi connectivity index (χ3v) is 4.77. The Hall–Kier alpha value is -0.790. The smallest absolute Gasteiger partial charge is 0.127 e. The number of thiophene rings is 1. The predicted molar refractivity (Wildman–Crippen MR) is 87.5 cm³/mol. The van der Waals surface area contributed by atoms with Crippen molar-refractivity contribution in [3.63, 3.8) is 0 Å². The molecule has 2 aromatic rings. The SMILES string of the molecule is CNC(c1csc(I)c1)c1ccc(OC)cc1OC. The van der Waals surface area contributed by atoms with Crippen LogP contribution in [0, 0.1) is 2.88 Å². The summed E-state index contributed by atoms with van der Waals surface area (Å²) in [5.74, 6) is 1.63. The minimum atomic E-state index is 0.126. The molecule has 1 aromatic carbocycles. The van der Waals surface area contributed by atoms with Gasteiger partial charge in [0.05, 0.1) is 23.1 Å². The van der Waals surface area contributed by atoms with E-state index in [2.05, 4.69) is 39.4 Å². The van der Waals surface area contributed by atoms with Gasteiger partial charge >= 0.3 is 0 Å². The van der Waals surface area contributed by atoms with Gasteiger partial charge in [-0.3, -0.25) is 0 Å². The average Bonchev–Trinajstić information content (AvgIpc) is 2.86. The van der Waals surface area contributed by atoms with Gasteiger partial charge in [-0.25, -0.2) is 0 Å². The third kappa shape index (κ3) is 3.21. The number of rotatable bonds is 5. The van der Waals surface area contributed by atoms with Crippen LogP contribution >= 0.6 is 33.9 Å². The molecule has 1 heterocycles. The van der Waals surface area contributed by atoms with Crippen molar-refractivity contribution >= 4 is 33.9 Å². The van der Waals surface area contributed by atoms with E-state index in [1.54, 1.807) is 25.6 Å². The third-order valence-electron chi connectivity index (χ3n) is 2.96. The van der Waals surface area contributed by atoms with Gasteiger partial charge in [-0.1, -0.05) is 0 Å². The van der Waals surface area contributed by atoms with Crippen molar-refractivity contribution in [2.75, 3.05) is 21.3 Å². The monoisotopic (exact) mass is 389 g/mol. The van der Waals surface area contributed by atoms with E-state index in [1.165, 1.54) is 8.45 Å². The first-order valence-electron chi connectivity index (χ1n) is 5.82. The fourth-order valence-electron chi connectivity index (χ4n) is 2.03. The van der Waals surface area contributed by atoms with Crippen LogP contribution in [0.4, 0.5) is 0 Å². The zero-order chi connectivity index (χ0) is 13.8. The summed E-state index contributed by atoms with van der Waals surface area (Å²) in [6.07, 6.45) is 0. The lowest BCUT2D eigenvalue weighted by Crippen LogP contribution is -2.17. The van der Waals surface area contributed by atoms with Crippen LogP contribution in [-0.2, 0) is 0 Å². The highest BCUT2D eigenvalue weighted by atomic mass is 127. The Morgan fingerprint density at radius 2 is 2.00 bits per heavy atom. The first-order valence-corrected chi connectivity index (χ1v) is 7.78. The summed E-state index contributed by atoms with van der Waals surface area (Å²) >= 11 is 4.08. The number of benzene rings is 1. The van der Waals surface area contributed by atoms with Crippen molar-refractivity contribution in [3.05, 3.63) is 43.7 Å². The second-order valence-electron chi connectivity index (χ2n) is 4.01. The summed E-state index contributed by atoms with van der Waals surface area (Å²) < 4.78 is 12.0. The van der Waals surface area contributed by atoms with Gasteiger partial charge in [-0.15, -0.1) is 11.3 Å². The Kier molecular flexibility index (Phi) is 5.06. The van der Waals surface area contributed by atoms with Gasteiger partial charge in [0.15, 0.2) is 0 Å². The molecule has 0 aliphatic carbocycles. The van der Waals surface area contributed by atoms with Gasteiger partial charge in [0.25, 0.3) is 0 Å². The van der Waals surface area contributed by atoms with E-state index in [4.69, 9.17) is 9.47 Å². The summed E-state index contributed by atoms with van der Waals surface area (Å²) in [7, 11) is 5.30. The van der Waals surface area contributed by atoms with E-state index in [-0.39, 0.29) is 6.04 Å². The molecule has 2 rings (SSSR count). The minimum absolute atomic E-state index is 0.126. The van der Waals surface area contributed by atoms with Crippen molar-refractivity contribution in [1.82, 2.24) is 5.32 Å². The molecule has 1 aromatic heterocycles. The molecule has 0 amide bonds. The molecule has 102 valence electrons. The summed E-state index contributed by atoms with van der Waals surface area (Å²) in [4.78, 5) is 0. The molecule has 0 radical (unpaired) electrons. The average molecular weight is 389 g/mol. The number of hydrogen-bond acceptors (Lipinski definition) is 4. The zero-order valence-electron chi connectivity index (χ0n) is 11.1. The molecular formula is C14H16INO2S. The van der Waals surface area contributed by atoms with Crippen molar-refractivity contribution in [1.29, 1.82) is 0 Å². The highest BCUT2D eigenvalue weighted by Gasteiger charge is 2.18. The Bertz CT molecular complexity index is 556. The summed E-state index contributed by atoms with van der Waals surface area (Å²) in [6.45, 7) is 0. The number of methoxy groups -OCH3 is 2. The Balaban J connectivity index is 2.43. The molecule has 0 aliphatic heterocycles. The van der Waals surface area contributed by atoms with Gasteiger partial charge in [0.1, 0.15) is 11.5 Å². The maximum Gasteiger partial charge on any atom is 0.127 e. The van der Waals surface area contributed by atoms with Crippen LogP contribution in [0.2, 0.25) is 0 Å². The van der Waals surface area contributed by atoms with Crippen LogP contribution in [-0.4, -0.2) is 21.3 Å². The van der Waals surface area contributed by atoms with Gasteiger partial charge in [-0.05, 0) is 58.8 Å². The molecule has 0 bridgehead atoms. The van der Waals surface area contributed by atoms with Crippen molar-refractivity contribution in [3.8, 4) is 11.5 Å². The lowest BCUT2D eigenvalue weighted by molar-refractivity contribution is 0.388. The Labute approximate surface area is 131 Å². The zero-order valence-corrected chi connectivity index (χ0v) is 14.0. The molecule has 0 saturated carbocycles. The summed E-state index contributed by atoms with van der Waals surface area (Å²) in [5.41, 5.74) is 2.36. The molecule has 0 aliphatic rings. The van der Waals surface area contributed by atoms with Crippen LogP contribution in [0.5, 0.6) is 11.5 Å². The second-order valence-corrected chi connectivity index (χ2v) is 6.82. The van der Waals surface area contributed by atoms with E-state index < -0.39 is 0 Å². The number of halogens is 1. The second kappa shape index (κ2) is 6.58. The van der Waals surface area contributed by atoms with E-state index in [0.717, 1.165) is 17.1 Å². The fraction of sp³-hybridized carbons (Fsp3) is 0.286. The summed E-state index contributed by atoms with van der Waals surface area (Å²) in [5, 5.41) is 5.52. The molecule has 5 heteroatoms. The van der Waals surface area contributed by atoms with Crippen LogP contribution < -0.4 is 14.8 Å². The number of ether oxygens (including phenoxy) is 2. The lowest BCUT2D eigenvalue weighted by Gasteiger charge is -2.19. The molecule has 3 nitrogen and oxygen atoms in total. The van der Waals surface area contributed by atoms with E-state index in [0.29, 0.717) is 0 Å². The molecule has 19 heavy (non-hydrogen) atoms. The maximum atomic E-state index is 5.48. The van der Waals surface area contributed by atoms with E-state index in [1.807, 2.05) is 25.2 Å². The van der Waals surface area contributed by atoms with Crippen LogP contribution in [0.25, 0.3) is 0 Å². The maximum absolute atomic E-state index is 5.48. The normalized spacial score (nSPS) is 12.2. The molecule has 1 atom stereocenters. The predicted octanol–water partition coefficient (Wildman–Crippen LogP) is 3.68. The van der Waals surface area contributed by atoms with Gasteiger partial charge < -0.3 is 14.8 Å². The van der Waals surface area contributed by atoms with Crippen molar-refractivity contribution < 1.29 is 9.47 Å². The van der Waals surface area contributed by atoms with Crippen molar-refractivity contribution in [2.24, 2.45) is 0 Å². The van der Waals surface area contributed by atoms with Crippen LogP contribution in [0.3, 0.4) is 0 Å². The highest BCUT2D eigenvalue weighted by Crippen LogP contribution is 2.34. The number of hydrogen-bond donors (Lipinski definition) is 1. The largest absolute Gasteiger partial charge is 0.497 e. The lowest BCUT2D eigenvalue weighted by atomic mass is 10.0. The minimum Gasteiger partial charge on any atom is -0.497 e. The molecule has 0 fully saturated rings. The van der Waals surface area contributed by atoms with Gasteiger partial charge in [0, 0.05) is 11.6 Å². The van der Waals surface area contributed by atoms with Gasteiger partial charge in [-0.2, -0.15) is 0 Å². The first-order chi connectivity index (χ1) is 9.19. The van der Waals surface area contributed by atoms with Crippen LogP contribution in [0.1, 0.15) is 17.2 Å². The molecule has 1 N–H and O–H groups in total. The molecule has 0 spiro atoms. The van der Waals surface area contributed by atoms with Gasteiger partial charge in [0.2, 0.25) is 0 Å². The Morgan fingerprint density at radius 1 is 1.21 bits per heavy atom. The molecule has 0 saturated heterocycles. The number of nitrogens with one attached hydrogen (secondary N) is 1. The topological polar surface area (TPSA) is 30.5 Å². The summed E-state index contributed by atoms with van der Waals surface area (Å²) in [6, 6.07) is 8.23. The Morgan fingerprint density at radius 3 is 2.53 bits per heavy atom.